The van der Waals surface area contributed by atoms with Crippen LogP contribution in [0.15, 0.2) is 12.2 Å². The fraction of sp³-hybridized carbons (Fsp3) is 0.769. The number of unbranched alkanes of at least 4 members (excludes halogenated alkanes) is 3. The van der Waals surface area contributed by atoms with Gasteiger partial charge in [0.2, 0.25) is 0 Å². The van der Waals surface area contributed by atoms with Crippen molar-refractivity contribution in [3.8, 4) is 0 Å². The van der Waals surface area contributed by atoms with Crippen molar-refractivity contribution in [3.63, 3.8) is 0 Å². The Hall–Kier alpha value is 0.210. The normalized spacial score (nSPS) is 21.8. The first kappa shape index (κ1) is 16.2. The van der Waals surface area contributed by atoms with Gasteiger partial charge in [0, 0.05) is 6.08 Å². The van der Waals surface area contributed by atoms with Gasteiger partial charge >= 0.3 is 35.5 Å². The predicted molar refractivity (Wildman–Crippen MR) is 68.9 cm³/mol. The van der Waals surface area contributed by atoms with Crippen molar-refractivity contribution in [3.05, 3.63) is 12.2 Å². The van der Waals surface area contributed by atoms with Gasteiger partial charge < -0.3 is 5.11 Å². The van der Waals surface area contributed by atoms with Gasteiger partial charge in [0.05, 0.1) is 0 Å². The second kappa shape index (κ2) is 7.52. The fourth-order valence-electron chi connectivity index (χ4n) is 2.08. The zero-order valence-corrected chi connectivity index (χ0v) is 9.83. The van der Waals surface area contributed by atoms with Crippen molar-refractivity contribution in [2.45, 2.75) is 52.4 Å². The summed E-state index contributed by atoms with van der Waals surface area (Å²) in [7, 11) is 0. The number of carboxylic acids is 1. The summed E-state index contributed by atoms with van der Waals surface area (Å²) in [5, 5.41) is 8.37. The second-order valence-electron chi connectivity index (χ2n) is 5.27. The van der Waals surface area contributed by atoms with Crippen LogP contribution in [0.5, 0.6) is 0 Å². The summed E-state index contributed by atoms with van der Waals surface area (Å²) >= 11 is 0. The average Bonchev–Trinajstić information content (AvgIpc) is 2.72. The van der Waals surface area contributed by atoms with Crippen LogP contribution in [0.25, 0.3) is 0 Å². The van der Waals surface area contributed by atoms with E-state index < -0.39 is 5.97 Å². The Labute approximate surface area is 121 Å². The van der Waals surface area contributed by atoms with Crippen LogP contribution in [-0.2, 0) is 4.79 Å². The number of carbonyl (C=O) groups is 1. The molecule has 0 amide bonds. The molecule has 0 heterocycles. The monoisotopic (exact) mass is 234 g/mol. The molecular weight excluding hydrogens is 211 g/mol. The van der Waals surface area contributed by atoms with E-state index in [0.717, 1.165) is 18.8 Å². The number of rotatable bonds is 7. The van der Waals surface area contributed by atoms with Crippen molar-refractivity contribution in [1.82, 2.24) is 0 Å². The summed E-state index contributed by atoms with van der Waals surface area (Å²) in [6, 6.07) is 0. The molecule has 88 valence electrons. The summed E-state index contributed by atoms with van der Waals surface area (Å²) in [6.07, 6.45) is 10.3. The second-order valence-corrected chi connectivity index (χ2v) is 5.27. The molecule has 1 saturated carbocycles. The first-order valence-corrected chi connectivity index (χ1v) is 5.92. The minimum absolute atomic E-state index is 0. The zero-order valence-electron chi connectivity index (χ0n) is 9.83. The molecule has 0 aromatic heterocycles. The van der Waals surface area contributed by atoms with E-state index in [1.54, 1.807) is 6.08 Å². The summed E-state index contributed by atoms with van der Waals surface area (Å²) < 4.78 is 0. The van der Waals surface area contributed by atoms with E-state index >= 15 is 0 Å². The Balaban J connectivity index is 0.00000225. The molecule has 1 fully saturated rings. The Morgan fingerprint density at radius 1 is 1.38 bits per heavy atom. The van der Waals surface area contributed by atoms with Gasteiger partial charge in [0.15, 0.2) is 0 Å². The molecule has 3 heteroatoms. The number of aliphatic carboxylic acids is 1. The fourth-order valence-corrected chi connectivity index (χ4v) is 2.08. The maximum absolute atomic E-state index is 10.2. The van der Waals surface area contributed by atoms with E-state index in [0.29, 0.717) is 5.41 Å². The molecule has 2 nitrogen and oxygen atoms in total. The number of carboxylic acid groups (broad SMARTS) is 1. The van der Waals surface area contributed by atoms with Gasteiger partial charge in [0.1, 0.15) is 0 Å². The van der Waals surface area contributed by atoms with Crippen LogP contribution in [-0.4, -0.2) is 40.6 Å². The number of hydrogen-bond donors (Lipinski definition) is 1. The third-order valence-electron chi connectivity index (χ3n) is 3.40. The van der Waals surface area contributed by atoms with E-state index in [1.165, 1.54) is 31.8 Å². The third-order valence-corrected chi connectivity index (χ3v) is 3.40. The van der Waals surface area contributed by atoms with Gasteiger partial charge in [-0.1, -0.05) is 32.8 Å². The van der Waals surface area contributed by atoms with E-state index in [2.05, 4.69) is 13.8 Å². The average molecular weight is 234 g/mol. The molecule has 1 unspecified atom stereocenters. The van der Waals surface area contributed by atoms with Crippen LogP contribution in [0.4, 0.5) is 0 Å². The van der Waals surface area contributed by atoms with E-state index in [-0.39, 0.29) is 29.6 Å². The molecule has 16 heavy (non-hydrogen) atoms. The molecule has 0 bridgehead atoms. The summed E-state index contributed by atoms with van der Waals surface area (Å²) in [4.78, 5) is 10.2. The van der Waals surface area contributed by atoms with Crippen LogP contribution in [0.1, 0.15) is 52.4 Å². The van der Waals surface area contributed by atoms with Crippen molar-refractivity contribution in [2.75, 3.05) is 0 Å². The quantitative estimate of drug-likeness (QED) is 0.418. The first-order valence-electron chi connectivity index (χ1n) is 5.92. The van der Waals surface area contributed by atoms with Gasteiger partial charge in [-0.25, -0.2) is 4.79 Å². The van der Waals surface area contributed by atoms with Crippen molar-refractivity contribution >= 4 is 35.5 Å². The minimum atomic E-state index is -0.838. The molecule has 0 saturated heterocycles. The van der Waals surface area contributed by atoms with Crippen LogP contribution < -0.4 is 0 Å². The van der Waals surface area contributed by atoms with Gasteiger partial charge in [-0.05, 0) is 37.0 Å². The summed E-state index contributed by atoms with van der Waals surface area (Å²) in [5.41, 5.74) is 0.614. The first-order chi connectivity index (χ1) is 7.02. The summed E-state index contributed by atoms with van der Waals surface area (Å²) in [6.45, 7) is 4.68. The molecule has 0 radical (unpaired) electrons. The standard InChI is InChI=1S/C13H22O2.Na.H/c1-13(2)10-11(13)8-6-4-3-5-7-9-12(14)15;;/h7,9,11H,3-6,8,10H2,1-2H3,(H,14,15);;/b9-7+;;. The molecule has 0 aromatic carbocycles. The van der Waals surface area contributed by atoms with Gasteiger partial charge in [-0.2, -0.15) is 0 Å². The van der Waals surface area contributed by atoms with Crippen molar-refractivity contribution in [2.24, 2.45) is 11.3 Å². The number of allylic oxidation sites excluding steroid dienone is 1. The molecule has 1 rings (SSSR count). The van der Waals surface area contributed by atoms with Crippen LogP contribution in [0.3, 0.4) is 0 Å². The van der Waals surface area contributed by atoms with Gasteiger partial charge in [-0.3, -0.25) is 0 Å². The molecule has 0 aliphatic heterocycles. The van der Waals surface area contributed by atoms with Gasteiger partial charge in [0.25, 0.3) is 0 Å². The Kier molecular flexibility index (Phi) is 7.62. The molecule has 1 aliphatic rings. The third kappa shape index (κ3) is 6.72. The number of hydrogen-bond acceptors (Lipinski definition) is 1. The Bertz CT molecular complexity index is 246. The molecule has 1 N–H and O–H groups in total. The Morgan fingerprint density at radius 2 is 2.00 bits per heavy atom. The Morgan fingerprint density at radius 3 is 2.50 bits per heavy atom. The van der Waals surface area contributed by atoms with Crippen LogP contribution in [0.2, 0.25) is 0 Å². The van der Waals surface area contributed by atoms with Crippen LogP contribution in [0, 0.1) is 11.3 Å². The molecule has 0 aromatic rings. The zero-order chi connectivity index (χ0) is 11.3. The molecule has 0 spiro atoms. The van der Waals surface area contributed by atoms with Gasteiger partial charge in [-0.15, -0.1) is 0 Å². The maximum atomic E-state index is 10.2. The van der Waals surface area contributed by atoms with E-state index in [4.69, 9.17) is 5.11 Å². The van der Waals surface area contributed by atoms with E-state index in [1.807, 2.05) is 0 Å². The molecule has 1 aliphatic carbocycles. The van der Waals surface area contributed by atoms with Crippen LogP contribution >= 0.6 is 0 Å². The molecule has 1 atom stereocenters. The summed E-state index contributed by atoms with van der Waals surface area (Å²) in [5.74, 6) is 0.113. The van der Waals surface area contributed by atoms with E-state index in [9.17, 15) is 4.79 Å². The topological polar surface area (TPSA) is 37.3 Å². The predicted octanol–water partition coefficient (Wildman–Crippen LogP) is 2.98. The molecular formula is C13H23NaO2. The van der Waals surface area contributed by atoms with Crippen molar-refractivity contribution in [1.29, 1.82) is 0 Å². The SMILES string of the molecule is CC1(C)CC1CCCCC/C=C/C(=O)O.[NaH]. The van der Waals surface area contributed by atoms with Crippen molar-refractivity contribution < 1.29 is 9.90 Å².